The van der Waals surface area contributed by atoms with Crippen molar-refractivity contribution in [1.29, 1.82) is 0 Å². The molecular weight excluding hydrogens is 312 g/mol. The number of sulfonamides is 1. The molecule has 0 radical (unpaired) electrons. The van der Waals surface area contributed by atoms with Gasteiger partial charge >= 0.3 is 0 Å². The Bertz CT molecular complexity index is 803. The number of halogens is 2. The maximum atomic E-state index is 13.9. The van der Waals surface area contributed by atoms with Crippen LogP contribution in [0.1, 0.15) is 11.1 Å². The summed E-state index contributed by atoms with van der Waals surface area (Å²) in [5.41, 5.74) is 0.354. The number of rotatable bonds is 4. The van der Waals surface area contributed by atoms with E-state index in [1.165, 1.54) is 26.2 Å². The molecule has 7 heteroatoms. The SMILES string of the molecule is COc1cc(NS(=O)(=O)c2ccc(C)cc2)c(F)c(F)c1C. The Morgan fingerprint density at radius 1 is 1.05 bits per heavy atom. The average Bonchev–Trinajstić information content (AvgIpc) is 2.48. The van der Waals surface area contributed by atoms with E-state index in [2.05, 4.69) is 0 Å². The van der Waals surface area contributed by atoms with Crippen molar-refractivity contribution >= 4 is 15.7 Å². The van der Waals surface area contributed by atoms with E-state index in [1.54, 1.807) is 12.1 Å². The summed E-state index contributed by atoms with van der Waals surface area (Å²) in [7, 11) is -2.73. The zero-order valence-corrected chi connectivity index (χ0v) is 13.1. The van der Waals surface area contributed by atoms with Crippen molar-refractivity contribution in [3.8, 4) is 5.75 Å². The van der Waals surface area contributed by atoms with E-state index in [0.717, 1.165) is 11.6 Å². The van der Waals surface area contributed by atoms with Crippen molar-refractivity contribution in [1.82, 2.24) is 0 Å². The van der Waals surface area contributed by atoms with Crippen LogP contribution < -0.4 is 9.46 Å². The van der Waals surface area contributed by atoms with Gasteiger partial charge in [-0.2, -0.15) is 0 Å². The Kier molecular flexibility index (Phi) is 4.37. The number of benzene rings is 2. The molecule has 22 heavy (non-hydrogen) atoms. The third-order valence-electron chi connectivity index (χ3n) is 3.20. The van der Waals surface area contributed by atoms with Crippen LogP contribution in [0, 0.1) is 25.5 Å². The van der Waals surface area contributed by atoms with Gasteiger partial charge in [-0.25, -0.2) is 17.2 Å². The van der Waals surface area contributed by atoms with Gasteiger partial charge in [0, 0.05) is 11.6 Å². The molecule has 118 valence electrons. The van der Waals surface area contributed by atoms with E-state index in [9.17, 15) is 17.2 Å². The van der Waals surface area contributed by atoms with E-state index in [1.807, 2.05) is 11.6 Å². The highest BCUT2D eigenvalue weighted by Crippen LogP contribution is 2.30. The molecule has 0 amide bonds. The van der Waals surface area contributed by atoms with Crippen molar-refractivity contribution in [3.63, 3.8) is 0 Å². The molecule has 0 unspecified atom stereocenters. The van der Waals surface area contributed by atoms with Gasteiger partial charge in [0.1, 0.15) is 5.75 Å². The minimum absolute atomic E-state index is 0.0294. The van der Waals surface area contributed by atoms with Crippen LogP contribution in [0.3, 0.4) is 0 Å². The summed E-state index contributed by atoms with van der Waals surface area (Å²) in [6.07, 6.45) is 0. The second kappa shape index (κ2) is 5.92. The average molecular weight is 327 g/mol. The first kappa shape index (κ1) is 16.2. The van der Waals surface area contributed by atoms with Gasteiger partial charge in [0.05, 0.1) is 17.7 Å². The van der Waals surface area contributed by atoms with Gasteiger partial charge in [0.2, 0.25) is 0 Å². The normalized spacial score (nSPS) is 11.3. The van der Waals surface area contributed by atoms with Gasteiger partial charge in [-0.05, 0) is 26.0 Å². The van der Waals surface area contributed by atoms with Crippen molar-refractivity contribution in [2.24, 2.45) is 0 Å². The molecule has 0 atom stereocenters. The van der Waals surface area contributed by atoms with Gasteiger partial charge < -0.3 is 4.74 Å². The summed E-state index contributed by atoms with van der Waals surface area (Å²) < 4.78 is 59.1. The minimum atomic E-state index is -4.02. The molecule has 2 aromatic rings. The molecule has 4 nitrogen and oxygen atoms in total. The summed E-state index contributed by atoms with van der Waals surface area (Å²) in [6, 6.07) is 7.11. The van der Waals surface area contributed by atoms with Gasteiger partial charge in [-0.1, -0.05) is 17.7 Å². The number of hydrogen-bond donors (Lipinski definition) is 1. The fourth-order valence-electron chi connectivity index (χ4n) is 1.90. The zero-order valence-electron chi connectivity index (χ0n) is 12.3. The second-order valence-electron chi connectivity index (χ2n) is 4.80. The molecule has 0 saturated heterocycles. The summed E-state index contributed by atoms with van der Waals surface area (Å²) in [6.45, 7) is 3.15. The van der Waals surface area contributed by atoms with Crippen LogP contribution in [-0.4, -0.2) is 15.5 Å². The predicted octanol–water partition coefficient (Wildman–Crippen LogP) is 3.39. The fourth-order valence-corrected chi connectivity index (χ4v) is 2.95. The summed E-state index contributed by atoms with van der Waals surface area (Å²) in [5.74, 6) is -2.37. The second-order valence-corrected chi connectivity index (χ2v) is 6.48. The maximum Gasteiger partial charge on any atom is 0.261 e. The first-order chi connectivity index (χ1) is 10.3. The van der Waals surface area contributed by atoms with Crippen molar-refractivity contribution in [3.05, 3.63) is 53.1 Å². The summed E-state index contributed by atoms with van der Waals surface area (Å²) in [5, 5.41) is 0. The first-order valence-corrected chi connectivity index (χ1v) is 7.86. The number of hydrogen-bond acceptors (Lipinski definition) is 3. The highest BCUT2D eigenvalue weighted by atomic mass is 32.2. The lowest BCUT2D eigenvalue weighted by Crippen LogP contribution is -2.15. The molecule has 0 aliphatic carbocycles. The molecule has 2 aromatic carbocycles. The van der Waals surface area contributed by atoms with Crippen molar-refractivity contribution < 1.29 is 21.9 Å². The van der Waals surface area contributed by atoms with Crippen molar-refractivity contribution in [2.45, 2.75) is 18.7 Å². The van der Waals surface area contributed by atoms with Crippen molar-refractivity contribution in [2.75, 3.05) is 11.8 Å². The lowest BCUT2D eigenvalue weighted by atomic mass is 10.2. The smallest absolute Gasteiger partial charge is 0.261 e. The molecule has 0 aromatic heterocycles. The monoisotopic (exact) mass is 327 g/mol. The molecule has 0 aliphatic heterocycles. The lowest BCUT2D eigenvalue weighted by Gasteiger charge is -2.13. The Hall–Kier alpha value is -2.15. The zero-order chi connectivity index (χ0) is 16.5. The van der Waals surface area contributed by atoms with Crippen LogP contribution in [0.15, 0.2) is 35.2 Å². The Labute approximate surface area is 127 Å². The standard InChI is InChI=1S/C15H15F2NO3S/c1-9-4-6-11(7-5-9)22(19,20)18-12-8-13(21-3)10(2)14(16)15(12)17/h4-8,18H,1-3H3. The van der Waals surface area contributed by atoms with Gasteiger partial charge in [0.15, 0.2) is 11.6 Å². The number of anilines is 1. The minimum Gasteiger partial charge on any atom is -0.496 e. The van der Waals surface area contributed by atoms with Crippen LogP contribution in [0.25, 0.3) is 0 Å². The largest absolute Gasteiger partial charge is 0.496 e. The molecule has 0 aliphatic rings. The topological polar surface area (TPSA) is 55.4 Å². The Morgan fingerprint density at radius 3 is 2.18 bits per heavy atom. The molecule has 0 saturated carbocycles. The van der Waals surface area contributed by atoms with Crippen LogP contribution in [-0.2, 0) is 10.0 Å². The number of aryl methyl sites for hydroxylation is 1. The highest BCUT2D eigenvalue weighted by Gasteiger charge is 2.21. The Morgan fingerprint density at radius 2 is 1.64 bits per heavy atom. The van der Waals surface area contributed by atoms with Gasteiger partial charge in [0.25, 0.3) is 10.0 Å². The molecule has 1 N–H and O–H groups in total. The summed E-state index contributed by atoms with van der Waals surface area (Å²) >= 11 is 0. The van der Waals surface area contributed by atoms with Gasteiger partial charge in [-0.3, -0.25) is 4.72 Å². The lowest BCUT2D eigenvalue weighted by molar-refractivity contribution is 0.402. The molecule has 0 bridgehead atoms. The molecular formula is C15H15F2NO3S. The fraction of sp³-hybridized carbons (Fsp3) is 0.200. The number of nitrogens with one attached hydrogen (secondary N) is 1. The van der Waals surface area contributed by atoms with E-state index >= 15 is 0 Å². The molecule has 0 fully saturated rings. The van der Waals surface area contributed by atoms with Gasteiger partial charge in [-0.15, -0.1) is 0 Å². The first-order valence-electron chi connectivity index (χ1n) is 6.38. The summed E-state index contributed by atoms with van der Waals surface area (Å²) in [4.78, 5) is -0.0440. The predicted molar refractivity (Wildman–Crippen MR) is 79.6 cm³/mol. The highest BCUT2D eigenvalue weighted by molar-refractivity contribution is 7.92. The van der Waals surface area contributed by atoms with Crippen LogP contribution in [0.5, 0.6) is 5.75 Å². The molecule has 0 heterocycles. The maximum absolute atomic E-state index is 13.9. The van der Waals surface area contributed by atoms with E-state index in [-0.39, 0.29) is 16.2 Å². The number of ether oxygens (including phenoxy) is 1. The quantitative estimate of drug-likeness (QED) is 0.936. The molecule has 0 spiro atoms. The third kappa shape index (κ3) is 3.04. The van der Waals surface area contributed by atoms with Crippen LogP contribution >= 0.6 is 0 Å². The van der Waals surface area contributed by atoms with Crippen LogP contribution in [0.2, 0.25) is 0 Å². The third-order valence-corrected chi connectivity index (χ3v) is 4.58. The Balaban J connectivity index is 2.46. The molecule has 2 rings (SSSR count). The van der Waals surface area contributed by atoms with Crippen LogP contribution in [0.4, 0.5) is 14.5 Å². The van der Waals surface area contributed by atoms with E-state index in [0.29, 0.717) is 0 Å². The van der Waals surface area contributed by atoms with E-state index < -0.39 is 27.3 Å². The van der Waals surface area contributed by atoms with E-state index in [4.69, 9.17) is 4.74 Å². The number of methoxy groups -OCH3 is 1.